The summed E-state index contributed by atoms with van der Waals surface area (Å²) in [5, 5.41) is 17.2. The molecule has 0 amide bonds. The Bertz CT molecular complexity index is 1230. The molecule has 0 saturated carbocycles. The number of hydrazone groups is 1. The highest BCUT2D eigenvalue weighted by atomic mass is 35.5. The summed E-state index contributed by atoms with van der Waals surface area (Å²) in [6, 6.07) is 4.44. The highest BCUT2D eigenvalue weighted by molar-refractivity contribution is 6.37. The fourth-order valence-electron chi connectivity index (χ4n) is 3.71. The van der Waals surface area contributed by atoms with Gasteiger partial charge in [-0.3, -0.25) is 9.78 Å². The maximum atomic E-state index is 12.1. The second kappa shape index (κ2) is 7.97. The lowest BCUT2D eigenvalue weighted by molar-refractivity contribution is 0.526. The van der Waals surface area contributed by atoms with Gasteiger partial charge in [-0.1, -0.05) is 30.1 Å². The molecule has 4 rings (SSSR count). The van der Waals surface area contributed by atoms with E-state index in [9.17, 15) is 9.59 Å². The van der Waals surface area contributed by atoms with Crippen LogP contribution in [0.2, 0.25) is 10.0 Å². The lowest BCUT2D eigenvalue weighted by Crippen LogP contribution is -2.33. The summed E-state index contributed by atoms with van der Waals surface area (Å²) >= 11 is 12.8. The van der Waals surface area contributed by atoms with Crippen LogP contribution in [-0.4, -0.2) is 27.2 Å². The number of hydrogen-bond acceptors (Lipinski definition) is 7. The highest BCUT2D eigenvalue weighted by Gasteiger charge is 2.31. The fraction of sp³-hybridized carbons (Fsp3) is 0.316. The van der Waals surface area contributed by atoms with Gasteiger partial charge in [0.1, 0.15) is 6.07 Å². The topological polar surface area (TPSA) is 125 Å². The van der Waals surface area contributed by atoms with Crippen molar-refractivity contribution in [1.82, 2.24) is 20.2 Å². The number of nitriles is 1. The van der Waals surface area contributed by atoms with Crippen molar-refractivity contribution >= 4 is 29.1 Å². The molecule has 0 spiro atoms. The fourth-order valence-corrected chi connectivity index (χ4v) is 4.26. The first-order chi connectivity index (χ1) is 14.4. The predicted molar refractivity (Wildman–Crippen MR) is 111 cm³/mol. The molecule has 1 unspecified atom stereocenters. The Kier molecular flexibility index (Phi) is 5.37. The van der Waals surface area contributed by atoms with Crippen molar-refractivity contribution in [3.05, 3.63) is 59.9 Å². The predicted octanol–water partition coefficient (Wildman–Crippen LogP) is 2.51. The van der Waals surface area contributed by atoms with Crippen LogP contribution in [0.25, 0.3) is 5.69 Å². The van der Waals surface area contributed by atoms with Crippen LogP contribution in [0.1, 0.15) is 31.9 Å². The van der Waals surface area contributed by atoms with Crippen molar-refractivity contribution in [2.75, 3.05) is 6.54 Å². The Morgan fingerprint density at radius 3 is 2.73 bits per heavy atom. The average molecular weight is 447 g/mol. The van der Waals surface area contributed by atoms with Crippen LogP contribution in [0, 0.1) is 17.2 Å². The normalized spacial score (nSPS) is 17.8. The van der Waals surface area contributed by atoms with Gasteiger partial charge >= 0.3 is 5.69 Å². The van der Waals surface area contributed by atoms with Gasteiger partial charge in [-0.15, -0.1) is 10.2 Å². The lowest BCUT2D eigenvalue weighted by Gasteiger charge is -2.20. The number of rotatable bonds is 3. The second-order valence-electron chi connectivity index (χ2n) is 6.87. The van der Waals surface area contributed by atoms with Crippen molar-refractivity contribution in [2.45, 2.75) is 26.2 Å². The van der Waals surface area contributed by atoms with E-state index in [1.807, 2.05) is 4.98 Å². The summed E-state index contributed by atoms with van der Waals surface area (Å²) in [5.41, 5.74) is 3.36. The molecule has 1 aromatic heterocycles. The van der Waals surface area contributed by atoms with E-state index in [-0.39, 0.29) is 21.5 Å². The van der Waals surface area contributed by atoms with Gasteiger partial charge in [0.15, 0.2) is 5.75 Å². The van der Waals surface area contributed by atoms with E-state index >= 15 is 0 Å². The third-order valence-electron chi connectivity index (χ3n) is 5.18. The number of nitrogens with zero attached hydrogens (tertiary/aromatic N) is 4. The molecule has 0 saturated heterocycles. The van der Waals surface area contributed by atoms with E-state index in [0.717, 1.165) is 29.5 Å². The molecule has 0 bridgehead atoms. The number of aromatic amines is 1. The van der Waals surface area contributed by atoms with E-state index in [4.69, 9.17) is 33.2 Å². The summed E-state index contributed by atoms with van der Waals surface area (Å²) in [7, 11) is 0. The number of halogens is 2. The van der Waals surface area contributed by atoms with Gasteiger partial charge in [-0.2, -0.15) is 9.94 Å². The molecule has 1 aliphatic carbocycles. The molecule has 2 heterocycles. The molecule has 1 aliphatic heterocycles. The van der Waals surface area contributed by atoms with E-state index in [1.54, 1.807) is 6.07 Å². The molecule has 30 heavy (non-hydrogen) atoms. The molecule has 154 valence electrons. The number of aromatic nitrogens is 3. The molecular weight excluding hydrogens is 431 g/mol. The lowest BCUT2D eigenvalue weighted by atomic mass is 9.97. The van der Waals surface area contributed by atoms with Crippen molar-refractivity contribution in [3.8, 4) is 17.5 Å². The second-order valence-corrected chi connectivity index (χ2v) is 7.69. The van der Waals surface area contributed by atoms with E-state index < -0.39 is 16.9 Å². The van der Waals surface area contributed by atoms with Gasteiger partial charge in [-0.25, -0.2) is 4.79 Å². The third-order valence-corrected chi connectivity index (χ3v) is 5.75. The van der Waals surface area contributed by atoms with Gasteiger partial charge < -0.3 is 10.2 Å². The maximum absolute atomic E-state index is 12.1. The van der Waals surface area contributed by atoms with Gasteiger partial charge in [0.2, 0.25) is 11.6 Å². The van der Waals surface area contributed by atoms with Crippen molar-refractivity contribution in [1.29, 1.82) is 5.26 Å². The van der Waals surface area contributed by atoms with Crippen LogP contribution in [-0.2, 0) is 0 Å². The Morgan fingerprint density at radius 1 is 1.33 bits per heavy atom. The first-order valence-corrected chi connectivity index (χ1v) is 10.0. The standard InChI is InChI=1S/C19H16Cl2N6O3/c1-2-9-3-4-11-12(9)8-23-25-18(11)30-16-13(20)5-10(6-14(16)21)27-19(29)24-17(28)15(7-22)26-27/h5-6,9,23H,2-4,8H2,1H3,(H,24,28,29). The van der Waals surface area contributed by atoms with Crippen LogP contribution in [0.5, 0.6) is 5.75 Å². The van der Waals surface area contributed by atoms with Crippen molar-refractivity contribution in [2.24, 2.45) is 11.0 Å². The molecular formula is C19H16Cl2N6O3. The summed E-state index contributed by atoms with van der Waals surface area (Å²) in [5.74, 6) is 1.12. The smallest absolute Gasteiger partial charge is 0.349 e. The first kappa shape index (κ1) is 20.2. The van der Waals surface area contributed by atoms with E-state index in [2.05, 4.69) is 22.5 Å². The van der Waals surface area contributed by atoms with Crippen LogP contribution >= 0.6 is 23.2 Å². The van der Waals surface area contributed by atoms with Gasteiger partial charge in [0.05, 0.1) is 22.3 Å². The largest absolute Gasteiger partial charge is 0.434 e. The molecule has 11 heteroatoms. The van der Waals surface area contributed by atoms with Gasteiger partial charge in [-0.05, 0) is 42.9 Å². The maximum Gasteiger partial charge on any atom is 0.349 e. The Morgan fingerprint density at radius 2 is 2.07 bits per heavy atom. The SMILES string of the molecule is CCC1CCC2=C1CNN=C2Oc1c(Cl)cc(-n2nc(C#N)c(=O)[nH]c2=O)cc1Cl. The monoisotopic (exact) mass is 446 g/mol. The number of ether oxygens (including phenoxy) is 1. The van der Waals surface area contributed by atoms with Crippen molar-refractivity contribution < 1.29 is 4.74 Å². The summed E-state index contributed by atoms with van der Waals surface area (Å²) in [4.78, 5) is 25.7. The zero-order valence-electron chi connectivity index (χ0n) is 15.8. The molecule has 2 N–H and O–H groups in total. The van der Waals surface area contributed by atoms with E-state index in [1.165, 1.54) is 17.7 Å². The molecule has 2 aromatic rings. The minimum Gasteiger partial charge on any atom is -0.434 e. The zero-order valence-corrected chi connectivity index (χ0v) is 17.3. The third kappa shape index (κ3) is 3.49. The molecule has 1 aromatic carbocycles. The summed E-state index contributed by atoms with van der Waals surface area (Å²) < 4.78 is 6.79. The minimum atomic E-state index is -0.871. The molecule has 2 aliphatic rings. The van der Waals surface area contributed by atoms with Crippen LogP contribution in [0.4, 0.5) is 0 Å². The summed E-state index contributed by atoms with van der Waals surface area (Å²) in [6.45, 7) is 2.85. The molecule has 1 atom stereocenters. The van der Waals surface area contributed by atoms with Crippen molar-refractivity contribution in [3.63, 3.8) is 0 Å². The molecule has 0 fully saturated rings. The van der Waals surface area contributed by atoms with Crippen LogP contribution in [0.3, 0.4) is 0 Å². The Hall–Kier alpha value is -3.09. The van der Waals surface area contributed by atoms with Crippen LogP contribution < -0.4 is 21.4 Å². The Balaban J connectivity index is 1.70. The number of hydrogen-bond donors (Lipinski definition) is 2. The zero-order chi connectivity index (χ0) is 21.4. The molecule has 9 nitrogen and oxygen atoms in total. The number of nitrogens with one attached hydrogen (secondary N) is 2. The highest BCUT2D eigenvalue weighted by Crippen LogP contribution is 2.39. The number of H-pyrrole nitrogens is 1. The van der Waals surface area contributed by atoms with E-state index in [0.29, 0.717) is 18.4 Å². The van der Waals surface area contributed by atoms with Gasteiger partial charge in [0, 0.05) is 5.57 Å². The summed E-state index contributed by atoms with van der Waals surface area (Å²) in [6.07, 6.45) is 2.97. The quantitative estimate of drug-likeness (QED) is 0.745. The molecule has 0 radical (unpaired) electrons. The van der Waals surface area contributed by atoms with Crippen LogP contribution in [0.15, 0.2) is 38.0 Å². The first-order valence-electron chi connectivity index (χ1n) is 9.26. The minimum absolute atomic E-state index is 0.122. The number of benzene rings is 1. The Labute approximate surface area is 180 Å². The average Bonchev–Trinajstić information content (AvgIpc) is 3.14. The van der Waals surface area contributed by atoms with Gasteiger partial charge in [0.25, 0.3) is 5.56 Å².